The van der Waals surface area contributed by atoms with Crippen LogP contribution in [-0.2, 0) is 25.6 Å². The number of imidazole rings is 1. The van der Waals surface area contributed by atoms with Crippen molar-refractivity contribution in [3.63, 3.8) is 0 Å². The van der Waals surface area contributed by atoms with E-state index in [4.69, 9.17) is 5.73 Å². The normalized spacial score (nSPS) is 14.8. The second-order valence-corrected chi connectivity index (χ2v) is 8.97. The van der Waals surface area contributed by atoms with Crippen molar-refractivity contribution in [1.29, 1.82) is 0 Å². The third-order valence-corrected chi connectivity index (χ3v) is 5.29. The zero-order chi connectivity index (χ0) is 24.3. The molecular formula is C20H34N6O5S. The summed E-state index contributed by atoms with van der Waals surface area (Å²) in [6, 6.07) is -3.80. The Bertz CT molecular complexity index is 758. The van der Waals surface area contributed by atoms with Gasteiger partial charge in [0.05, 0.1) is 12.4 Å². The van der Waals surface area contributed by atoms with Gasteiger partial charge in [-0.1, -0.05) is 13.8 Å². The average molecular weight is 471 g/mol. The Labute approximate surface area is 192 Å². The molecule has 11 nitrogen and oxygen atoms in total. The topological polar surface area (TPSA) is 179 Å². The number of carbonyl (C=O) groups is 4. The van der Waals surface area contributed by atoms with Gasteiger partial charge in [-0.05, 0) is 37.7 Å². The van der Waals surface area contributed by atoms with Crippen LogP contribution < -0.4 is 21.7 Å². The Hall–Kier alpha value is -2.60. The number of nitrogens with zero attached hydrogens (tertiary/aromatic N) is 1. The zero-order valence-corrected chi connectivity index (χ0v) is 19.7. The van der Waals surface area contributed by atoms with Crippen LogP contribution in [0.25, 0.3) is 0 Å². The second-order valence-electron chi connectivity index (χ2n) is 7.99. The number of carbonyl (C=O) groups excluding carboxylic acids is 3. The van der Waals surface area contributed by atoms with Gasteiger partial charge in [0, 0.05) is 18.3 Å². The lowest BCUT2D eigenvalue weighted by atomic mass is 10.0. The predicted octanol–water partition coefficient (Wildman–Crippen LogP) is -0.362. The Balaban J connectivity index is 2.71. The number of rotatable bonds is 14. The Morgan fingerprint density at radius 2 is 1.75 bits per heavy atom. The number of nitrogens with two attached hydrogens (primary N) is 1. The third kappa shape index (κ3) is 9.69. The van der Waals surface area contributed by atoms with Crippen molar-refractivity contribution < 1.29 is 24.3 Å². The molecule has 0 aliphatic heterocycles. The fourth-order valence-corrected chi connectivity index (χ4v) is 3.35. The number of carboxylic acids is 1. The molecule has 0 aliphatic carbocycles. The molecule has 0 bridgehead atoms. The number of aromatic amines is 1. The quantitative estimate of drug-likeness (QED) is 0.213. The molecule has 32 heavy (non-hydrogen) atoms. The van der Waals surface area contributed by atoms with Gasteiger partial charge in [-0.15, -0.1) is 0 Å². The van der Waals surface area contributed by atoms with Crippen LogP contribution >= 0.6 is 11.8 Å². The molecule has 3 amide bonds. The third-order valence-electron chi connectivity index (χ3n) is 4.65. The summed E-state index contributed by atoms with van der Waals surface area (Å²) in [5.74, 6) is -2.16. The minimum absolute atomic E-state index is 0.0632. The maximum Gasteiger partial charge on any atom is 0.326 e. The first-order valence-electron chi connectivity index (χ1n) is 10.4. The standard InChI is InChI=1S/C20H34N6O5S/c1-11(2)7-16(19(29)25-15(20(30)31)5-6-32-4)26-17(27)12(3)24-18(28)14(21)8-13-9-22-10-23-13/h9-12,14-16H,5-8,21H2,1-4H3,(H,22,23)(H,24,28)(H,25,29)(H,26,27)(H,30,31). The van der Waals surface area contributed by atoms with Crippen LogP contribution in [0.3, 0.4) is 0 Å². The molecule has 0 aromatic carbocycles. The first kappa shape index (κ1) is 27.4. The minimum Gasteiger partial charge on any atom is -0.480 e. The molecule has 7 N–H and O–H groups in total. The van der Waals surface area contributed by atoms with E-state index in [0.29, 0.717) is 17.9 Å². The first-order chi connectivity index (χ1) is 15.0. The monoisotopic (exact) mass is 470 g/mol. The number of aromatic nitrogens is 2. The highest BCUT2D eigenvalue weighted by Crippen LogP contribution is 2.08. The van der Waals surface area contributed by atoms with E-state index in [1.165, 1.54) is 25.0 Å². The number of nitrogens with one attached hydrogen (secondary N) is 4. The summed E-state index contributed by atoms with van der Waals surface area (Å²) in [6.45, 7) is 5.25. The summed E-state index contributed by atoms with van der Waals surface area (Å²) < 4.78 is 0. The number of H-pyrrole nitrogens is 1. The van der Waals surface area contributed by atoms with E-state index >= 15 is 0 Å². The van der Waals surface area contributed by atoms with Gasteiger partial charge in [0.15, 0.2) is 0 Å². The number of hydrogen-bond donors (Lipinski definition) is 6. The number of thioether (sulfide) groups is 1. The van der Waals surface area contributed by atoms with E-state index in [-0.39, 0.29) is 18.8 Å². The highest BCUT2D eigenvalue weighted by Gasteiger charge is 2.29. The number of aliphatic carboxylic acids is 1. The SMILES string of the molecule is CSCCC(NC(=O)C(CC(C)C)NC(=O)C(C)NC(=O)C(N)Cc1cnc[nH]1)C(=O)O. The lowest BCUT2D eigenvalue weighted by molar-refractivity contribution is -0.142. The zero-order valence-electron chi connectivity index (χ0n) is 18.9. The molecule has 0 aliphatic rings. The van der Waals surface area contributed by atoms with Crippen LogP contribution in [-0.4, -0.2) is 74.9 Å². The largest absolute Gasteiger partial charge is 0.480 e. The highest BCUT2D eigenvalue weighted by atomic mass is 32.2. The lowest BCUT2D eigenvalue weighted by Crippen LogP contribution is -2.56. The lowest BCUT2D eigenvalue weighted by Gasteiger charge is -2.24. The second kappa shape index (κ2) is 13.7. The van der Waals surface area contributed by atoms with Crippen molar-refractivity contribution in [3.05, 3.63) is 18.2 Å². The molecule has 1 rings (SSSR count). The van der Waals surface area contributed by atoms with Crippen LogP contribution in [0, 0.1) is 5.92 Å². The van der Waals surface area contributed by atoms with Gasteiger partial charge in [-0.3, -0.25) is 14.4 Å². The van der Waals surface area contributed by atoms with Crippen molar-refractivity contribution in [2.75, 3.05) is 12.0 Å². The summed E-state index contributed by atoms with van der Waals surface area (Å²) in [6.07, 6.45) is 5.69. The van der Waals surface area contributed by atoms with Crippen LogP contribution in [0.5, 0.6) is 0 Å². The van der Waals surface area contributed by atoms with Crippen molar-refractivity contribution in [3.8, 4) is 0 Å². The van der Waals surface area contributed by atoms with Gasteiger partial charge >= 0.3 is 5.97 Å². The maximum atomic E-state index is 12.7. The van der Waals surface area contributed by atoms with Gasteiger partial charge < -0.3 is 31.8 Å². The molecule has 1 aromatic rings. The molecule has 4 atom stereocenters. The van der Waals surface area contributed by atoms with E-state index in [2.05, 4.69) is 25.9 Å². The molecule has 0 spiro atoms. The first-order valence-corrected chi connectivity index (χ1v) is 11.8. The predicted molar refractivity (Wildman–Crippen MR) is 122 cm³/mol. The summed E-state index contributed by atoms with van der Waals surface area (Å²) >= 11 is 1.48. The smallest absolute Gasteiger partial charge is 0.326 e. The van der Waals surface area contributed by atoms with E-state index < -0.39 is 47.9 Å². The van der Waals surface area contributed by atoms with Gasteiger partial charge in [0.2, 0.25) is 17.7 Å². The Morgan fingerprint density at radius 3 is 2.28 bits per heavy atom. The molecule has 0 radical (unpaired) electrons. The molecule has 12 heteroatoms. The maximum absolute atomic E-state index is 12.7. The van der Waals surface area contributed by atoms with E-state index in [1.54, 1.807) is 6.20 Å². The van der Waals surface area contributed by atoms with Crippen LogP contribution in [0.1, 0.15) is 39.3 Å². The van der Waals surface area contributed by atoms with E-state index in [9.17, 15) is 24.3 Å². The average Bonchev–Trinajstić information content (AvgIpc) is 3.22. The highest BCUT2D eigenvalue weighted by molar-refractivity contribution is 7.98. The molecule has 0 saturated heterocycles. The Morgan fingerprint density at radius 1 is 1.09 bits per heavy atom. The molecule has 180 valence electrons. The van der Waals surface area contributed by atoms with E-state index in [1.807, 2.05) is 20.1 Å². The summed E-state index contributed by atoms with van der Waals surface area (Å²) in [7, 11) is 0. The van der Waals surface area contributed by atoms with Crippen LogP contribution in [0.4, 0.5) is 0 Å². The van der Waals surface area contributed by atoms with Gasteiger partial charge in [-0.25, -0.2) is 9.78 Å². The van der Waals surface area contributed by atoms with Crippen molar-refractivity contribution in [2.45, 2.75) is 64.2 Å². The number of hydrogen-bond acceptors (Lipinski definition) is 7. The summed E-state index contributed by atoms with van der Waals surface area (Å²) in [5, 5.41) is 17.0. The summed E-state index contributed by atoms with van der Waals surface area (Å²) in [4.78, 5) is 55.8. The van der Waals surface area contributed by atoms with Gasteiger partial charge in [0.25, 0.3) is 0 Å². The molecule has 0 fully saturated rings. The number of amides is 3. The van der Waals surface area contributed by atoms with Crippen LogP contribution in [0.15, 0.2) is 12.5 Å². The van der Waals surface area contributed by atoms with Crippen LogP contribution in [0.2, 0.25) is 0 Å². The Kier molecular flexibility index (Phi) is 11.8. The molecule has 4 unspecified atom stereocenters. The number of carboxylic acid groups (broad SMARTS) is 1. The van der Waals surface area contributed by atoms with Crippen molar-refractivity contribution >= 4 is 35.5 Å². The fourth-order valence-electron chi connectivity index (χ4n) is 2.88. The molecular weight excluding hydrogens is 436 g/mol. The summed E-state index contributed by atoms with van der Waals surface area (Å²) in [5.41, 5.74) is 6.57. The minimum atomic E-state index is -1.13. The molecule has 1 heterocycles. The van der Waals surface area contributed by atoms with Crippen molar-refractivity contribution in [2.24, 2.45) is 11.7 Å². The molecule has 0 saturated carbocycles. The van der Waals surface area contributed by atoms with E-state index in [0.717, 1.165) is 0 Å². The fraction of sp³-hybridized carbons (Fsp3) is 0.650. The van der Waals surface area contributed by atoms with Gasteiger partial charge in [-0.2, -0.15) is 11.8 Å². The molecule has 1 aromatic heterocycles. The van der Waals surface area contributed by atoms with Gasteiger partial charge in [0.1, 0.15) is 18.1 Å². The van der Waals surface area contributed by atoms with Crippen molar-refractivity contribution in [1.82, 2.24) is 25.9 Å².